The molecule has 0 saturated carbocycles. The molecule has 3 rings (SSSR count). The van der Waals surface area contributed by atoms with E-state index in [0.29, 0.717) is 17.5 Å². The first-order valence-electron chi connectivity index (χ1n) is 6.20. The number of benzene rings is 1. The van der Waals surface area contributed by atoms with E-state index in [9.17, 15) is 18.0 Å². The molecule has 0 saturated heterocycles. The van der Waals surface area contributed by atoms with Crippen molar-refractivity contribution in [1.82, 2.24) is 9.38 Å². The lowest BCUT2D eigenvalue weighted by Crippen LogP contribution is -2.06. The minimum Gasteiger partial charge on any atom is -0.296 e. The first kappa shape index (κ1) is 14.8. The van der Waals surface area contributed by atoms with Crippen LogP contribution in [-0.2, 0) is 6.18 Å². The second-order valence-electron chi connectivity index (χ2n) is 4.61. The molecule has 112 valence electrons. The van der Waals surface area contributed by atoms with Crippen LogP contribution in [0.5, 0.6) is 0 Å². The van der Waals surface area contributed by atoms with E-state index in [0.717, 1.165) is 21.1 Å². The van der Waals surface area contributed by atoms with Crippen LogP contribution in [0, 0.1) is 0 Å². The summed E-state index contributed by atoms with van der Waals surface area (Å²) in [5.74, 6) is 0. The summed E-state index contributed by atoms with van der Waals surface area (Å²) >= 11 is 3.30. The average Bonchev–Trinajstić information content (AvgIpc) is 2.84. The van der Waals surface area contributed by atoms with Crippen molar-refractivity contribution in [2.45, 2.75) is 6.18 Å². The molecule has 2 aromatic heterocycles. The van der Waals surface area contributed by atoms with Gasteiger partial charge in [0.15, 0.2) is 6.29 Å². The van der Waals surface area contributed by atoms with Gasteiger partial charge < -0.3 is 0 Å². The SMILES string of the molecule is O=Cc1c(-c2ccc(Br)cc2)nc2ccc(C(F)(F)F)cn12. The third-order valence-corrected chi connectivity index (χ3v) is 3.74. The number of fused-ring (bicyclic) bond motifs is 1. The predicted octanol–water partition coefficient (Wildman–Crippen LogP) is 4.60. The highest BCUT2D eigenvalue weighted by Gasteiger charge is 2.31. The fraction of sp³-hybridized carbons (Fsp3) is 0.0667. The maximum Gasteiger partial charge on any atom is 0.417 e. The Morgan fingerprint density at radius 1 is 1.09 bits per heavy atom. The number of hydrogen-bond acceptors (Lipinski definition) is 2. The van der Waals surface area contributed by atoms with Gasteiger partial charge in [-0.15, -0.1) is 0 Å². The van der Waals surface area contributed by atoms with Crippen molar-refractivity contribution in [3.05, 3.63) is 58.3 Å². The molecule has 2 heterocycles. The molecular weight excluding hydrogens is 361 g/mol. The maximum absolute atomic E-state index is 12.8. The molecule has 0 aliphatic rings. The van der Waals surface area contributed by atoms with E-state index in [2.05, 4.69) is 20.9 Å². The molecule has 0 N–H and O–H groups in total. The van der Waals surface area contributed by atoms with Crippen molar-refractivity contribution in [3.8, 4) is 11.3 Å². The maximum atomic E-state index is 12.8. The Kier molecular flexibility index (Phi) is 3.52. The number of aldehydes is 1. The van der Waals surface area contributed by atoms with Gasteiger partial charge in [0, 0.05) is 16.2 Å². The van der Waals surface area contributed by atoms with E-state index in [-0.39, 0.29) is 11.3 Å². The van der Waals surface area contributed by atoms with Gasteiger partial charge in [-0.05, 0) is 24.3 Å². The van der Waals surface area contributed by atoms with Crippen LogP contribution in [0.25, 0.3) is 16.9 Å². The van der Waals surface area contributed by atoms with Crippen LogP contribution in [0.2, 0.25) is 0 Å². The largest absolute Gasteiger partial charge is 0.417 e. The second-order valence-corrected chi connectivity index (χ2v) is 5.53. The summed E-state index contributed by atoms with van der Waals surface area (Å²) in [6, 6.07) is 9.22. The molecule has 0 radical (unpaired) electrons. The summed E-state index contributed by atoms with van der Waals surface area (Å²) in [5.41, 5.74) is 0.545. The highest BCUT2D eigenvalue weighted by Crippen LogP contribution is 2.31. The zero-order chi connectivity index (χ0) is 15.9. The number of rotatable bonds is 2. The van der Waals surface area contributed by atoms with Crippen LogP contribution >= 0.6 is 15.9 Å². The molecule has 0 bridgehead atoms. The van der Waals surface area contributed by atoms with E-state index in [4.69, 9.17) is 0 Å². The van der Waals surface area contributed by atoms with Crippen molar-refractivity contribution in [2.75, 3.05) is 0 Å². The zero-order valence-electron chi connectivity index (χ0n) is 10.9. The van der Waals surface area contributed by atoms with Gasteiger partial charge in [0.25, 0.3) is 0 Å². The minimum atomic E-state index is -4.48. The van der Waals surface area contributed by atoms with Crippen molar-refractivity contribution in [1.29, 1.82) is 0 Å². The summed E-state index contributed by atoms with van der Waals surface area (Å²) in [5, 5.41) is 0. The Bertz CT molecular complexity index is 854. The van der Waals surface area contributed by atoms with Crippen LogP contribution in [0.15, 0.2) is 47.1 Å². The first-order chi connectivity index (χ1) is 10.4. The van der Waals surface area contributed by atoms with Crippen LogP contribution in [0.1, 0.15) is 16.1 Å². The molecule has 0 atom stereocenters. The number of hydrogen-bond donors (Lipinski definition) is 0. The molecule has 3 nitrogen and oxygen atoms in total. The van der Waals surface area contributed by atoms with E-state index >= 15 is 0 Å². The molecule has 0 aliphatic carbocycles. The number of alkyl halides is 3. The third kappa shape index (κ3) is 2.52. The highest BCUT2D eigenvalue weighted by molar-refractivity contribution is 9.10. The van der Waals surface area contributed by atoms with Crippen molar-refractivity contribution >= 4 is 27.9 Å². The molecule has 7 heteroatoms. The molecule has 22 heavy (non-hydrogen) atoms. The number of aromatic nitrogens is 2. The number of carbonyl (C=O) groups excluding carboxylic acids is 1. The number of carbonyl (C=O) groups is 1. The highest BCUT2D eigenvalue weighted by atomic mass is 79.9. The fourth-order valence-corrected chi connectivity index (χ4v) is 2.43. The Balaban J connectivity index is 2.24. The molecule has 3 aromatic rings. The van der Waals surface area contributed by atoms with E-state index < -0.39 is 11.7 Å². The number of halogens is 4. The summed E-state index contributed by atoms with van der Waals surface area (Å²) in [4.78, 5) is 15.6. The lowest BCUT2D eigenvalue weighted by Gasteiger charge is -2.06. The van der Waals surface area contributed by atoms with Gasteiger partial charge in [-0.3, -0.25) is 9.20 Å². The van der Waals surface area contributed by atoms with E-state index in [1.165, 1.54) is 6.07 Å². The smallest absolute Gasteiger partial charge is 0.296 e. The van der Waals surface area contributed by atoms with Crippen molar-refractivity contribution < 1.29 is 18.0 Å². The molecular formula is C15H8BrF3N2O. The molecule has 0 unspecified atom stereocenters. The molecule has 0 aliphatic heterocycles. The summed E-state index contributed by atoms with van der Waals surface area (Å²) in [7, 11) is 0. The van der Waals surface area contributed by atoms with Gasteiger partial charge in [0.1, 0.15) is 17.0 Å². The quantitative estimate of drug-likeness (QED) is 0.619. The normalized spacial score (nSPS) is 11.8. The fourth-order valence-electron chi connectivity index (χ4n) is 2.16. The van der Waals surface area contributed by atoms with E-state index in [1.54, 1.807) is 24.3 Å². The summed E-state index contributed by atoms with van der Waals surface area (Å²) in [6.45, 7) is 0. The molecule has 0 amide bonds. The number of pyridine rings is 1. The topological polar surface area (TPSA) is 34.4 Å². The Labute approximate surface area is 131 Å². The molecule has 1 aromatic carbocycles. The Hall–Kier alpha value is -2.15. The third-order valence-electron chi connectivity index (χ3n) is 3.21. The van der Waals surface area contributed by atoms with Crippen LogP contribution in [0.4, 0.5) is 13.2 Å². The minimum absolute atomic E-state index is 0.0865. The van der Waals surface area contributed by atoms with Gasteiger partial charge in [-0.25, -0.2) is 4.98 Å². The Morgan fingerprint density at radius 3 is 2.36 bits per heavy atom. The predicted molar refractivity (Wildman–Crippen MR) is 78.7 cm³/mol. The van der Waals surface area contributed by atoms with Gasteiger partial charge in [-0.2, -0.15) is 13.2 Å². The lowest BCUT2D eigenvalue weighted by molar-refractivity contribution is -0.137. The van der Waals surface area contributed by atoms with Gasteiger partial charge in [-0.1, -0.05) is 28.1 Å². The van der Waals surface area contributed by atoms with Gasteiger partial charge in [0.2, 0.25) is 0 Å². The molecule has 0 spiro atoms. The van der Waals surface area contributed by atoms with Crippen LogP contribution < -0.4 is 0 Å². The van der Waals surface area contributed by atoms with Crippen molar-refractivity contribution in [2.24, 2.45) is 0 Å². The standard InChI is InChI=1S/C15H8BrF3N2O/c16-11-4-1-9(2-5-11)14-12(8-22)21-7-10(15(17,18)19)3-6-13(21)20-14/h1-8H. The zero-order valence-corrected chi connectivity index (χ0v) is 12.5. The van der Waals surface area contributed by atoms with Crippen LogP contribution in [-0.4, -0.2) is 15.7 Å². The first-order valence-corrected chi connectivity index (χ1v) is 7.00. The molecule has 0 fully saturated rings. The average molecular weight is 369 g/mol. The van der Waals surface area contributed by atoms with Crippen molar-refractivity contribution in [3.63, 3.8) is 0 Å². The number of imidazole rings is 1. The van der Waals surface area contributed by atoms with E-state index in [1.807, 2.05) is 0 Å². The Morgan fingerprint density at radius 2 is 1.77 bits per heavy atom. The van der Waals surface area contributed by atoms with Crippen LogP contribution in [0.3, 0.4) is 0 Å². The van der Waals surface area contributed by atoms with Gasteiger partial charge in [0.05, 0.1) is 5.56 Å². The summed E-state index contributed by atoms with van der Waals surface area (Å²) in [6.07, 6.45) is -3.08. The monoisotopic (exact) mass is 368 g/mol. The number of nitrogens with zero attached hydrogens (tertiary/aromatic N) is 2. The van der Waals surface area contributed by atoms with Gasteiger partial charge >= 0.3 is 6.18 Å². The lowest BCUT2D eigenvalue weighted by atomic mass is 10.1. The second kappa shape index (κ2) is 5.24. The summed E-state index contributed by atoms with van der Waals surface area (Å²) < 4.78 is 40.4.